The molecule has 1 rings (SSSR count). The standard InChI is InChI=1S/C9H12O2/c1-2-8(10)9(11)6-4-3-5-7-9/h3-6,11H,2,7H2,1H3/t9-/m0/s1. The summed E-state index contributed by atoms with van der Waals surface area (Å²) < 4.78 is 0. The molecule has 11 heavy (non-hydrogen) atoms. The van der Waals surface area contributed by atoms with Crippen molar-refractivity contribution in [1.29, 1.82) is 0 Å². The molecule has 0 amide bonds. The van der Waals surface area contributed by atoms with E-state index in [0.717, 1.165) is 0 Å². The molecule has 0 radical (unpaired) electrons. The summed E-state index contributed by atoms with van der Waals surface area (Å²) in [5.74, 6) is -0.113. The predicted octanol–water partition coefficient (Wildman–Crippen LogP) is 1.21. The summed E-state index contributed by atoms with van der Waals surface area (Å²) in [4.78, 5) is 11.2. The van der Waals surface area contributed by atoms with Crippen LogP contribution in [0, 0.1) is 0 Å². The molecule has 0 aliphatic heterocycles. The Labute approximate surface area is 66.2 Å². The molecule has 0 unspecified atom stereocenters. The lowest BCUT2D eigenvalue weighted by Gasteiger charge is -2.22. The summed E-state index contributed by atoms with van der Waals surface area (Å²) in [6.07, 6.45) is 7.69. The highest BCUT2D eigenvalue weighted by atomic mass is 16.3. The Morgan fingerprint density at radius 3 is 2.82 bits per heavy atom. The van der Waals surface area contributed by atoms with Crippen LogP contribution >= 0.6 is 0 Å². The zero-order valence-electron chi connectivity index (χ0n) is 6.58. The number of rotatable bonds is 2. The molecule has 0 bridgehead atoms. The second-order valence-corrected chi connectivity index (χ2v) is 2.69. The van der Waals surface area contributed by atoms with Gasteiger partial charge in [-0.1, -0.05) is 25.2 Å². The summed E-state index contributed by atoms with van der Waals surface area (Å²) >= 11 is 0. The number of ketones is 1. The minimum absolute atomic E-state index is 0.113. The van der Waals surface area contributed by atoms with Crippen molar-refractivity contribution in [3.8, 4) is 0 Å². The molecule has 0 aromatic rings. The van der Waals surface area contributed by atoms with E-state index in [4.69, 9.17) is 0 Å². The number of hydrogen-bond donors (Lipinski definition) is 1. The van der Waals surface area contributed by atoms with Crippen LogP contribution in [0.2, 0.25) is 0 Å². The van der Waals surface area contributed by atoms with Crippen molar-refractivity contribution in [2.75, 3.05) is 0 Å². The minimum atomic E-state index is -1.22. The van der Waals surface area contributed by atoms with Crippen LogP contribution < -0.4 is 0 Å². The van der Waals surface area contributed by atoms with Crippen LogP contribution in [0.25, 0.3) is 0 Å². The lowest BCUT2D eigenvalue weighted by atomic mass is 9.90. The van der Waals surface area contributed by atoms with Crippen molar-refractivity contribution in [2.24, 2.45) is 0 Å². The quantitative estimate of drug-likeness (QED) is 0.645. The fraction of sp³-hybridized carbons (Fsp3) is 0.444. The fourth-order valence-corrected chi connectivity index (χ4v) is 1.12. The third-order valence-electron chi connectivity index (χ3n) is 1.85. The first kappa shape index (κ1) is 8.21. The molecule has 1 atom stereocenters. The van der Waals surface area contributed by atoms with Gasteiger partial charge in [-0.3, -0.25) is 4.79 Å². The van der Waals surface area contributed by atoms with E-state index >= 15 is 0 Å². The van der Waals surface area contributed by atoms with Gasteiger partial charge in [0.05, 0.1) is 0 Å². The first-order chi connectivity index (χ1) is 5.19. The Hall–Kier alpha value is -0.890. The highest BCUT2D eigenvalue weighted by molar-refractivity contribution is 5.89. The van der Waals surface area contributed by atoms with Gasteiger partial charge in [-0.25, -0.2) is 0 Å². The lowest BCUT2D eigenvalue weighted by molar-refractivity contribution is -0.132. The van der Waals surface area contributed by atoms with E-state index in [-0.39, 0.29) is 5.78 Å². The number of carbonyl (C=O) groups is 1. The average Bonchev–Trinajstić information content (AvgIpc) is 2.04. The number of aliphatic hydroxyl groups is 1. The largest absolute Gasteiger partial charge is 0.378 e. The van der Waals surface area contributed by atoms with Crippen LogP contribution in [0.1, 0.15) is 19.8 Å². The van der Waals surface area contributed by atoms with E-state index in [1.807, 2.05) is 6.08 Å². The molecule has 60 valence electrons. The summed E-state index contributed by atoms with van der Waals surface area (Å²) in [6, 6.07) is 0. The average molecular weight is 152 g/mol. The summed E-state index contributed by atoms with van der Waals surface area (Å²) in [7, 11) is 0. The Kier molecular flexibility index (Phi) is 2.25. The first-order valence-corrected chi connectivity index (χ1v) is 3.79. The molecule has 0 heterocycles. The number of carbonyl (C=O) groups excluding carboxylic acids is 1. The van der Waals surface area contributed by atoms with E-state index in [2.05, 4.69) is 0 Å². The topological polar surface area (TPSA) is 37.3 Å². The van der Waals surface area contributed by atoms with Gasteiger partial charge in [0.1, 0.15) is 5.60 Å². The second kappa shape index (κ2) is 3.01. The maximum Gasteiger partial charge on any atom is 0.168 e. The number of hydrogen-bond acceptors (Lipinski definition) is 2. The van der Waals surface area contributed by atoms with Gasteiger partial charge in [0, 0.05) is 12.8 Å². The van der Waals surface area contributed by atoms with Gasteiger partial charge in [-0.2, -0.15) is 0 Å². The fourth-order valence-electron chi connectivity index (χ4n) is 1.12. The van der Waals surface area contributed by atoms with E-state index in [1.165, 1.54) is 0 Å². The molecule has 1 N–H and O–H groups in total. The van der Waals surface area contributed by atoms with Crippen molar-refractivity contribution in [3.63, 3.8) is 0 Å². The minimum Gasteiger partial charge on any atom is -0.378 e. The van der Waals surface area contributed by atoms with Crippen LogP contribution in [0.15, 0.2) is 24.3 Å². The van der Waals surface area contributed by atoms with Gasteiger partial charge in [0.25, 0.3) is 0 Å². The first-order valence-electron chi connectivity index (χ1n) is 3.79. The number of Topliss-reactive ketones (excluding diaryl/α,β-unsaturated/α-hetero) is 1. The molecule has 2 heteroatoms. The zero-order valence-corrected chi connectivity index (χ0v) is 6.58. The molecule has 0 spiro atoms. The van der Waals surface area contributed by atoms with E-state index in [1.54, 1.807) is 25.2 Å². The molecule has 0 saturated heterocycles. The van der Waals surface area contributed by atoms with Crippen molar-refractivity contribution in [1.82, 2.24) is 0 Å². The van der Waals surface area contributed by atoms with E-state index < -0.39 is 5.60 Å². The van der Waals surface area contributed by atoms with Gasteiger partial charge >= 0.3 is 0 Å². The van der Waals surface area contributed by atoms with Gasteiger partial charge < -0.3 is 5.11 Å². The Morgan fingerprint density at radius 1 is 1.64 bits per heavy atom. The van der Waals surface area contributed by atoms with Crippen LogP contribution in [-0.2, 0) is 4.79 Å². The van der Waals surface area contributed by atoms with Crippen molar-refractivity contribution in [3.05, 3.63) is 24.3 Å². The van der Waals surface area contributed by atoms with E-state index in [9.17, 15) is 9.90 Å². The normalized spacial score (nSPS) is 28.9. The smallest absolute Gasteiger partial charge is 0.168 e. The molecule has 1 aliphatic rings. The molecule has 0 aromatic carbocycles. The number of allylic oxidation sites excluding steroid dienone is 2. The highest BCUT2D eigenvalue weighted by Crippen LogP contribution is 2.19. The molecule has 1 aliphatic carbocycles. The monoisotopic (exact) mass is 152 g/mol. The van der Waals surface area contributed by atoms with Crippen LogP contribution in [0.3, 0.4) is 0 Å². The van der Waals surface area contributed by atoms with Crippen molar-refractivity contribution < 1.29 is 9.90 Å². The molecule has 0 aromatic heterocycles. The molecule has 2 nitrogen and oxygen atoms in total. The third-order valence-corrected chi connectivity index (χ3v) is 1.85. The zero-order chi connectivity index (χ0) is 8.32. The van der Waals surface area contributed by atoms with Crippen LogP contribution in [0.5, 0.6) is 0 Å². The van der Waals surface area contributed by atoms with Gasteiger partial charge in [-0.05, 0) is 6.08 Å². The van der Waals surface area contributed by atoms with Gasteiger partial charge in [-0.15, -0.1) is 0 Å². The Bertz CT molecular complexity index is 216. The summed E-state index contributed by atoms with van der Waals surface area (Å²) in [5, 5.41) is 9.65. The summed E-state index contributed by atoms with van der Waals surface area (Å²) in [5.41, 5.74) is -1.22. The van der Waals surface area contributed by atoms with Crippen LogP contribution in [-0.4, -0.2) is 16.5 Å². The third kappa shape index (κ3) is 1.57. The van der Waals surface area contributed by atoms with Gasteiger partial charge in [0.2, 0.25) is 0 Å². The lowest BCUT2D eigenvalue weighted by Crippen LogP contribution is -2.36. The molecular formula is C9H12O2. The van der Waals surface area contributed by atoms with Crippen molar-refractivity contribution in [2.45, 2.75) is 25.4 Å². The maximum absolute atomic E-state index is 11.2. The van der Waals surface area contributed by atoms with E-state index in [0.29, 0.717) is 12.8 Å². The van der Waals surface area contributed by atoms with Crippen LogP contribution in [0.4, 0.5) is 0 Å². The maximum atomic E-state index is 11.2. The molecule has 0 saturated carbocycles. The Balaban J connectivity index is 2.75. The molecule has 0 fully saturated rings. The summed E-state index contributed by atoms with van der Waals surface area (Å²) in [6.45, 7) is 1.76. The SMILES string of the molecule is CCC(=O)[C@]1(O)C=CC=CC1. The predicted molar refractivity (Wildman–Crippen MR) is 43.1 cm³/mol. The highest BCUT2D eigenvalue weighted by Gasteiger charge is 2.30. The Morgan fingerprint density at radius 2 is 2.36 bits per heavy atom. The molecular weight excluding hydrogens is 140 g/mol. The second-order valence-electron chi connectivity index (χ2n) is 2.69. The van der Waals surface area contributed by atoms with Gasteiger partial charge in [0.15, 0.2) is 5.78 Å². The van der Waals surface area contributed by atoms with Crippen molar-refractivity contribution >= 4 is 5.78 Å².